The summed E-state index contributed by atoms with van der Waals surface area (Å²) in [4.78, 5) is 41.0. The smallest absolute Gasteiger partial charge is 0.309 e. The van der Waals surface area contributed by atoms with Gasteiger partial charge in [-0.15, -0.1) is 0 Å². The Kier molecular flexibility index (Phi) is 8.20. The summed E-state index contributed by atoms with van der Waals surface area (Å²) in [6.45, 7) is 4.55. The molecule has 168 valence electrons. The van der Waals surface area contributed by atoms with E-state index < -0.39 is 0 Å². The fourth-order valence-electron chi connectivity index (χ4n) is 3.81. The number of hydrogen-bond acceptors (Lipinski definition) is 4. The lowest BCUT2D eigenvalue weighted by molar-refractivity contribution is -0.154. The van der Waals surface area contributed by atoms with Crippen LogP contribution in [0.5, 0.6) is 0 Å². The first-order chi connectivity index (χ1) is 15.5. The number of carbonyl (C=O) groups is 3. The molecule has 0 spiro atoms. The molecule has 0 aliphatic carbocycles. The minimum absolute atomic E-state index is 0.0539. The molecule has 3 rings (SSSR count). The summed E-state index contributed by atoms with van der Waals surface area (Å²) in [5.74, 6) is -0.985. The molecule has 6 heteroatoms. The highest BCUT2D eigenvalue weighted by Crippen LogP contribution is 2.20. The summed E-state index contributed by atoms with van der Waals surface area (Å²) >= 11 is 0. The van der Waals surface area contributed by atoms with Crippen LogP contribution in [-0.2, 0) is 19.1 Å². The van der Waals surface area contributed by atoms with Crippen LogP contribution in [0.2, 0.25) is 0 Å². The van der Waals surface area contributed by atoms with Crippen molar-refractivity contribution in [3.05, 3.63) is 72.3 Å². The van der Waals surface area contributed by atoms with Gasteiger partial charge in [-0.1, -0.05) is 48.5 Å². The third kappa shape index (κ3) is 6.30. The number of likely N-dealkylation sites (tertiary alicyclic amines) is 1. The third-order valence-corrected chi connectivity index (χ3v) is 5.52. The number of anilines is 1. The SMILES string of the molecule is CC(C)N(C(=O)COC(=O)C1CCN(C(=O)/C=C/c2ccccc2)CC1)c1ccccc1. The van der Waals surface area contributed by atoms with Crippen LogP contribution in [0.4, 0.5) is 5.69 Å². The van der Waals surface area contributed by atoms with Crippen molar-refractivity contribution in [2.75, 3.05) is 24.6 Å². The molecule has 0 saturated carbocycles. The molecule has 2 amide bonds. The van der Waals surface area contributed by atoms with E-state index in [0.717, 1.165) is 11.3 Å². The van der Waals surface area contributed by atoms with E-state index in [0.29, 0.717) is 25.9 Å². The van der Waals surface area contributed by atoms with Crippen molar-refractivity contribution in [2.45, 2.75) is 32.7 Å². The highest BCUT2D eigenvalue weighted by atomic mass is 16.5. The third-order valence-electron chi connectivity index (χ3n) is 5.52. The number of rotatable bonds is 7. The Morgan fingerprint density at radius 1 is 1.00 bits per heavy atom. The molecule has 1 fully saturated rings. The summed E-state index contributed by atoms with van der Waals surface area (Å²) in [5.41, 5.74) is 1.74. The summed E-state index contributed by atoms with van der Waals surface area (Å²) < 4.78 is 5.35. The van der Waals surface area contributed by atoms with Crippen LogP contribution in [0.15, 0.2) is 66.7 Å². The number of hydrogen-bond donors (Lipinski definition) is 0. The molecule has 1 aliphatic heterocycles. The summed E-state index contributed by atoms with van der Waals surface area (Å²) in [6, 6.07) is 18.9. The van der Waals surface area contributed by atoms with E-state index in [9.17, 15) is 14.4 Å². The number of amides is 2. The molecule has 6 nitrogen and oxygen atoms in total. The van der Waals surface area contributed by atoms with Gasteiger partial charge < -0.3 is 14.5 Å². The van der Waals surface area contributed by atoms with E-state index in [2.05, 4.69) is 0 Å². The van der Waals surface area contributed by atoms with Crippen molar-refractivity contribution in [3.63, 3.8) is 0 Å². The molecule has 1 saturated heterocycles. The van der Waals surface area contributed by atoms with Crippen LogP contribution < -0.4 is 4.90 Å². The fraction of sp³-hybridized carbons (Fsp3) is 0.346. The molecule has 1 aliphatic rings. The molecule has 32 heavy (non-hydrogen) atoms. The Morgan fingerprint density at radius 2 is 1.59 bits per heavy atom. The topological polar surface area (TPSA) is 66.9 Å². The van der Waals surface area contributed by atoms with Gasteiger partial charge in [0.2, 0.25) is 5.91 Å². The number of ether oxygens (including phenoxy) is 1. The van der Waals surface area contributed by atoms with Crippen LogP contribution in [0.1, 0.15) is 32.3 Å². The number of nitrogens with zero attached hydrogens (tertiary/aromatic N) is 2. The van der Waals surface area contributed by atoms with E-state index in [1.54, 1.807) is 22.0 Å². The average molecular weight is 435 g/mol. The van der Waals surface area contributed by atoms with Crippen molar-refractivity contribution in [2.24, 2.45) is 5.92 Å². The van der Waals surface area contributed by atoms with Crippen molar-refractivity contribution >= 4 is 29.5 Å². The minimum Gasteiger partial charge on any atom is -0.455 e. The maximum Gasteiger partial charge on any atom is 0.309 e. The van der Waals surface area contributed by atoms with Gasteiger partial charge >= 0.3 is 5.97 Å². The zero-order valence-electron chi connectivity index (χ0n) is 18.6. The largest absolute Gasteiger partial charge is 0.455 e. The Labute approximate surface area is 189 Å². The Hall–Kier alpha value is -3.41. The second kappa shape index (κ2) is 11.3. The maximum absolute atomic E-state index is 12.7. The zero-order valence-corrected chi connectivity index (χ0v) is 18.6. The van der Waals surface area contributed by atoms with E-state index in [1.165, 1.54) is 0 Å². The van der Waals surface area contributed by atoms with Crippen molar-refractivity contribution in [1.29, 1.82) is 0 Å². The van der Waals surface area contributed by atoms with Gasteiger partial charge in [-0.25, -0.2) is 0 Å². The minimum atomic E-state index is -0.373. The van der Waals surface area contributed by atoms with E-state index >= 15 is 0 Å². The van der Waals surface area contributed by atoms with E-state index in [4.69, 9.17) is 4.74 Å². The summed E-state index contributed by atoms with van der Waals surface area (Å²) in [5, 5.41) is 0. The molecule has 0 bridgehead atoms. The van der Waals surface area contributed by atoms with Crippen molar-refractivity contribution in [1.82, 2.24) is 4.90 Å². The van der Waals surface area contributed by atoms with Crippen molar-refractivity contribution in [3.8, 4) is 0 Å². The molecular formula is C26H30N2O4. The lowest BCUT2D eigenvalue weighted by atomic mass is 9.97. The standard InChI is InChI=1S/C26H30N2O4/c1-20(2)28(23-11-7-4-8-12-23)25(30)19-32-26(31)22-15-17-27(18-16-22)24(29)14-13-21-9-5-3-6-10-21/h3-14,20,22H,15-19H2,1-2H3/b14-13+. The first-order valence-electron chi connectivity index (χ1n) is 11.0. The molecule has 0 radical (unpaired) electrons. The maximum atomic E-state index is 12.7. The quantitative estimate of drug-likeness (QED) is 0.489. The number of piperidine rings is 1. The van der Waals surface area contributed by atoms with Gasteiger partial charge in [0.25, 0.3) is 5.91 Å². The Balaban J connectivity index is 1.46. The second-order valence-electron chi connectivity index (χ2n) is 8.14. The lowest BCUT2D eigenvalue weighted by Gasteiger charge is -2.30. The fourth-order valence-corrected chi connectivity index (χ4v) is 3.81. The van der Waals surface area contributed by atoms with Gasteiger partial charge in [-0.3, -0.25) is 14.4 Å². The predicted octanol–water partition coefficient (Wildman–Crippen LogP) is 3.92. The molecule has 1 heterocycles. The van der Waals surface area contributed by atoms with Crippen molar-refractivity contribution < 1.29 is 19.1 Å². The van der Waals surface area contributed by atoms with Crippen LogP contribution in [0.25, 0.3) is 6.08 Å². The monoisotopic (exact) mass is 434 g/mol. The van der Waals surface area contributed by atoms with Gasteiger partial charge in [0.15, 0.2) is 6.61 Å². The average Bonchev–Trinajstić information content (AvgIpc) is 2.82. The van der Waals surface area contributed by atoms with Gasteiger partial charge in [0.05, 0.1) is 5.92 Å². The number of carbonyl (C=O) groups excluding carboxylic acids is 3. The van der Waals surface area contributed by atoms with Crippen LogP contribution in [0, 0.1) is 5.92 Å². The van der Waals surface area contributed by atoms with Gasteiger partial charge in [0.1, 0.15) is 0 Å². The second-order valence-corrected chi connectivity index (χ2v) is 8.14. The number of benzene rings is 2. The zero-order chi connectivity index (χ0) is 22.9. The van der Waals surface area contributed by atoms with E-state index in [-0.39, 0.29) is 36.4 Å². The van der Waals surface area contributed by atoms with Crippen LogP contribution >= 0.6 is 0 Å². The highest BCUT2D eigenvalue weighted by molar-refractivity contribution is 5.96. The Bertz CT molecular complexity index is 933. The van der Waals surface area contributed by atoms with E-state index in [1.807, 2.05) is 74.5 Å². The number of para-hydroxylation sites is 1. The molecular weight excluding hydrogens is 404 g/mol. The lowest BCUT2D eigenvalue weighted by Crippen LogP contribution is -2.42. The predicted molar refractivity (Wildman–Crippen MR) is 125 cm³/mol. The molecule has 0 atom stereocenters. The normalized spacial score (nSPS) is 14.5. The van der Waals surface area contributed by atoms with Gasteiger partial charge in [0, 0.05) is 30.9 Å². The van der Waals surface area contributed by atoms with Crippen LogP contribution in [-0.4, -0.2) is 48.4 Å². The molecule has 0 aromatic heterocycles. The molecule has 0 unspecified atom stereocenters. The summed E-state index contributed by atoms with van der Waals surface area (Å²) in [7, 11) is 0. The highest BCUT2D eigenvalue weighted by Gasteiger charge is 2.29. The van der Waals surface area contributed by atoms with Gasteiger partial charge in [-0.05, 0) is 50.5 Å². The summed E-state index contributed by atoms with van der Waals surface area (Å²) in [6.07, 6.45) is 4.42. The first-order valence-corrected chi connectivity index (χ1v) is 11.0. The number of esters is 1. The Morgan fingerprint density at radius 3 is 2.19 bits per heavy atom. The molecule has 2 aromatic rings. The first kappa shape index (κ1) is 23.3. The molecule has 2 aromatic carbocycles. The van der Waals surface area contributed by atoms with Gasteiger partial charge in [-0.2, -0.15) is 0 Å². The van der Waals surface area contributed by atoms with Crippen LogP contribution in [0.3, 0.4) is 0 Å². The molecule has 0 N–H and O–H groups in total.